The van der Waals surface area contributed by atoms with Crippen molar-refractivity contribution in [3.63, 3.8) is 0 Å². The van der Waals surface area contributed by atoms with Gasteiger partial charge in [-0.15, -0.1) is 0 Å². The molecule has 33 heavy (non-hydrogen) atoms. The maximum atomic E-state index is 13.0. The summed E-state index contributed by atoms with van der Waals surface area (Å²) in [6.45, 7) is 0.900. The van der Waals surface area contributed by atoms with Gasteiger partial charge in [-0.3, -0.25) is 14.5 Å². The highest BCUT2D eigenvalue weighted by Crippen LogP contribution is 2.33. The lowest BCUT2D eigenvalue weighted by Gasteiger charge is -2.22. The van der Waals surface area contributed by atoms with Gasteiger partial charge in [0.2, 0.25) is 5.91 Å². The topological polar surface area (TPSA) is 113 Å². The Hall–Kier alpha value is -3.83. The van der Waals surface area contributed by atoms with Crippen LogP contribution in [0, 0.1) is 0 Å². The normalized spacial score (nSPS) is 18.2. The van der Waals surface area contributed by atoms with Gasteiger partial charge in [0.05, 0.1) is 12.7 Å². The predicted molar refractivity (Wildman–Crippen MR) is 111 cm³/mol. The number of hydrogen-bond acceptors (Lipinski definition) is 6. The summed E-state index contributed by atoms with van der Waals surface area (Å²) in [4.78, 5) is 41.9. The molecular formula is C21H22F3N5O4. The van der Waals surface area contributed by atoms with E-state index in [9.17, 15) is 27.6 Å². The molecule has 4 amide bonds. The minimum absolute atomic E-state index is 0.0461. The molecule has 3 N–H and O–H groups in total. The van der Waals surface area contributed by atoms with Gasteiger partial charge in [-0.25, -0.2) is 9.78 Å². The highest BCUT2D eigenvalue weighted by atomic mass is 19.4. The minimum atomic E-state index is -4.57. The summed E-state index contributed by atoms with van der Waals surface area (Å²) in [5, 5.41) is 7.56. The van der Waals surface area contributed by atoms with E-state index in [0.29, 0.717) is 11.3 Å². The second-order valence-corrected chi connectivity index (χ2v) is 7.35. The monoisotopic (exact) mass is 465 g/mol. The molecule has 2 heterocycles. The Morgan fingerprint density at radius 2 is 1.88 bits per heavy atom. The Balaban J connectivity index is 1.54. The van der Waals surface area contributed by atoms with Crippen molar-refractivity contribution in [2.75, 3.05) is 32.1 Å². The van der Waals surface area contributed by atoms with Crippen LogP contribution in [-0.2, 0) is 21.3 Å². The van der Waals surface area contributed by atoms with E-state index < -0.39 is 41.7 Å². The summed E-state index contributed by atoms with van der Waals surface area (Å²) in [7, 11) is 1.50. The summed E-state index contributed by atoms with van der Waals surface area (Å²) in [6.07, 6.45) is -3.35. The molecule has 2 aromatic rings. The largest absolute Gasteiger partial charge is 0.497 e. The zero-order valence-electron chi connectivity index (χ0n) is 17.8. The number of hydrogen-bond donors (Lipinski definition) is 3. The zero-order chi connectivity index (χ0) is 24.2. The highest BCUT2D eigenvalue weighted by Gasteiger charge is 2.49. The Morgan fingerprint density at radius 1 is 1.18 bits per heavy atom. The van der Waals surface area contributed by atoms with Crippen LogP contribution < -0.4 is 20.7 Å². The molecule has 1 unspecified atom stereocenters. The number of amides is 4. The number of aromatic nitrogens is 1. The third kappa shape index (κ3) is 5.16. The van der Waals surface area contributed by atoms with Crippen LogP contribution >= 0.6 is 0 Å². The van der Waals surface area contributed by atoms with Crippen LogP contribution in [0.2, 0.25) is 0 Å². The van der Waals surface area contributed by atoms with E-state index in [1.807, 2.05) is 0 Å². The van der Waals surface area contributed by atoms with Crippen molar-refractivity contribution in [1.29, 1.82) is 0 Å². The smallest absolute Gasteiger partial charge is 0.419 e. The van der Waals surface area contributed by atoms with Gasteiger partial charge in [0.15, 0.2) is 0 Å². The molecule has 3 rings (SSSR count). The van der Waals surface area contributed by atoms with E-state index in [4.69, 9.17) is 4.74 Å². The van der Waals surface area contributed by atoms with Crippen LogP contribution in [0.1, 0.15) is 18.1 Å². The van der Waals surface area contributed by atoms with Crippen LogP contribution in [0.4, 0.5) is 23.8 Å². The Labute approximate surface area is 187 Å². The van der Waals surface area contributed by atoms with E-state index in [1.165, 1.54) is 26.3 Å². The molecular weight excluding hydrogens is 443 g/mol. The van der Waals surface area contributed by atoms with E-state index >= 15 is 0 Å². The van der Waals surface area contributed by atoms with Gasteiger partial charge in [0, 0.05) is 19.3 Å². The van der Waals surface area contributed by atoms with E-state index in [0.717, 1.165) is 11.0 Å². The lowest BCUT2D eigenvalue weighted by atomic mass is 9.92. The van der Waals surface area contributed by atoms with Gasteiger partial charge < -0.3 is 20.7 Å². The first-order valence-corrected chi connectivity index (χ1v) is 9.87. The van der Waals surface area contributed by atoms with Crippen molar-refractivity contribution < 1.29 is 32.3 Å². The molecule has 0 spiro atoms. The molecule has 176 valence electrons. The minimum Gasteiger partial charge on any atom is -0.497 e. The summed E-state index contributed by atoms with van der Waals surface area (Å²) in [5.41, 5.74) is -1.75. The number of alkyl halides is 3. The fraction of sp³-hybridized carbons (Fsp3) is 0.333. The summed E-state index contributed by atoms with van der Waals surface area (Å²) < 4.78 is 44.0. The molecule has 0 saturated carbocycles. The number of anilines is 1. The van der Waals surface area contributed by atoms with E-state index in [2.05, 4.69) is 20.9 Å². The average molecular weight is 465 g/mol. The molecule has 0 aliphatic carbocycles. The van der Waals surface area contributed by atoms with Crippen molar-refractivity contribution in [3.05, 3.63) is 53.7 Å². The fourth-order valence-electron chi connectivity index (χ4n) is 3.32. The number of nitrogens with zero attached hydrogens (tertiary/aromatic N) is 2. The Bertz CT molecular complexity index is 1040. The van der Waals surface area contributed by atoms with Gasteiger partial charge in [-0.2, -0.15) is 13.2 Å². The number of methoxy groups -OCH3 is 1. The molecule has 1 aromatic carbocycles. The Kier molecular flexibility index (Phi) is 6.75. The summed E-state index contributed by atoms with van der Waals surface area (Å²) in [5.74, 6) is -1.02. The molecule has 1 aromatic heterocycles. The summed E-state index contributed by atoms with van der Waals surface area (Å²) >= 11 is 0. The predicted octanol–water partition coefficient (Wildman–Crippen LogP) is 2.10. The number of imide groups is 1. The number of nitrogens with one attached hydrogen (secondary N) is 3. The van der Waals surface area contributed by atoms with Gasteiger partial charge >= 0.3 is 12.2 Å². The van der Waals surface area contributed by atoms with Gasteiger partial charge in [-0.1, -0.05) is 12.1 Å². The average Bonchev–Trinajstić information content (AvgIpc) is 3.00. The second-order valence-electron chi connectivity index (χ2n) is 7.35. The second kappa shape index (κ2) is 9.35. The first kappa shape index (κ1) is 23.8. The molecule has 0 radical (unpaired) electrons. The van der Waals surface area contributed by atoms with Crippen LogP contribution in [0.5, 0.6) is 5.75 Å². The Morgan fingerprint density at radius 3 is 2.52 bits per heavy atom. The third-order valence-electron chi connectivity index (χ3n) is 5.10. The molecule has 1 fully saturated rings. The van der Waals surface area contributed by atoms with Gasteiger partial charge in [-0.05, 0) is 36.8 Å². The lowest BCUT2D eigenvalue weighted by molar-refractivity contribution is -0.137. The number of ether oxygens (including phenoxy) is 1. The van der Waals surface area contributed by atoms with Crippen LogP contribution in [-0.4, -0.2) is 54.5 Å². The van der Waals surface area contributed by atoms with Gasteiger partial charge in [0.25, 0.3) is 5.91 Å². The van der Waals surface area contributed by atoms with E-state index in [1.54, 1.807) is 24.3 Å². The van der Waals surface area contributed by atoms with Gasteiger partial charge in [0.1, 0.15) is 23.7 Å². The number of halogens is 3. The molecule has 1 atom stereocenters. The van der Waals surface area contributed by atoms with Crippen LogP contribution in [0.3, 0.4) is 0 Å². The maximum absolute atomic E-state index is 13.0. The maximum Gasteiger partial charge on any atom is 0.419 e. The van der Waals surface area contributed by atoms with Crippen molar-refractivity contribution in [3.8, 4) is 5.75 Å². The number of carbonyl (C=O) groups excluding carboxylic acids is 3. The van der Waals surface area contributed by atoms with Crippen molar-refractivity contribution in [2.45, 2.75) is 18.6 Å². The molecule has 12 heteroatoms. The molecule has 1 aliphatic heterocycles. The number of rotatable bonds is 8. The molecule has 0 bridgehead atoms. The number of benzene rings is 1. The quantitative estimate of drug-likeness (QED) is 0.407. The molecule has 1 aliphatic rings. The lowest BCUT2D eigenvalue weighted by Crippen LogP contribution is -2.43. The zero-order valence-corrected chi connectivity index (χ0v) is 17.8. The number of urea groups is 1. The first-order chi connectivity index (χ1) is 15.6. The van der Waals surface area contributed by atoms with Crippen LogP contribution in [0.25, 0.3) is 0 Å². The van der Waals surface area contributed by atoms with Crippen molar-refractivity contribution in [1.82, 2.24) is 20.5 Å². The third-order valence-corrected chi connectivity index (χ3v) is 5.10. The molecule has 9 nitrogen and oxygen atoms in total. The number of carbonyl (C=O) groups is 3. The molecule has 1 saturated heterocycles. The summed E-state index contributed by atoms with van der Waals surface area (Å²) in [6, 6.07) is 7.91. The number of pyridine rings is 1. The van der Waals surface area contributed by atoms with Crippen molar-refractivity contribution in [2.24, 2.45) is 0 Å². The first-order valence-electron chi connectivity index (χ1n) is 9.87. The standard InChI is InChI=1S/C21H22F3N5O4/c1-20(13-5-7-14(33-2)8-6-13)18(31)29(19(32)28-20)12-16(30)25-10-11-27-17-15(21(22,23)24)4-3-9-26-17/h3-9H,10-12H2,1-2H3,(H,25,30)(H,26,27)(H,28,32). The van der Waals surface area contributed by atoms with Crippen LogP contribution in [0.15, 0.2) is 42.6 Å². The van der Waals surface area contributed by atoms with E-state index in [-0.39, 0.29) is 18.9 Å². The van der Waals surface area contributed by atoms with Crippen molar-refractivity contribution >= 4 is 23.7 Å². The fourth-order valence-corrected chi connectivity index (χ4v) is 3.32. The highest BCUT2D eigenvalue weighted by molar-refractivity contribution is 6.09. The SMILES string of the molecule is COc1ccc(C2(C)NC(=O)N(CC(=O)NCCNc3ncccc3C(F)(F)F)C2=O)cc1.